The first-order valence-corrected chi connectivity index (χ1v) is 4.03. The van der Waals surface area contributed by atoms with Gasteiger partial charge in [-0.05, 0) is 18.6 Å². The Morgan fingerprint density at radius 1 is 1.67 bits per heavy atom. The number of pyridine rings is 1. The molecule has 1 rings (SSSR count). The molecule has 0 spiro atoms. The smallest absolute Gasteiger partial charge is 0.220 e. The molecule has 1 heterocycles. The second-order valence-corrected chi connectivity index (χ2v) is 2.83. The van der Waals surface area contributed by atoms with E-state index in [-0.39, 0.29) is 10.7 Å². The lowest BCUT2D eigenvalue weighted by Crippen LogP contribution is -2.00. The van der Waals surface area contributed by atoms with Crippen LogP contribution >= 0.6 is 11.6 Å². The van der Waals surface area contributed by atoms with Gasteiger partial charge in [0, 0.05) is 5.56 Å². The fourth-order valence-corrected chi connectivity index (χ4v) is 1.03. The fraction of sp³-hybridized carbons (Fsp3) is 0.375. The van der Waals surface area contributed by atoms with Gasteiger partial charge in [0.1, 0.15) is 5.15 Å². The van der Waals surface area contributed by atoms with Crippen molar-refractivity contribution in [1.29, 1.82) is 0 Å². The third-order valence-electron chi connectivity index (χ3n) is 1.59. The lowest BCUT2D eigenvalue weighted by atomic mass is 10.1. The molecule has 1 aromatic rings. The Hall–Kier alpha value is -0.670. The van der Waals surface area contributed by atoms with Crippen molar-refractivity contribution in [1.82, 2.24) is 4.98 Å². The number of aromatic nitrogens is 1. The highest BCUT2D eigenvalue weighted by Crippen LogP contribution is 2.19. The van der Waals surface area contributed by atoms with Gasteiger partial charge in [0.2, 0.25) is 5.95 Å². The van der Waals surface area contributed by atoms with E-state index in [1.54, 1.807) is 6.92 Å². The molecular weight excluding hydrogens is 181 g/mol. The Labute approximate surface area is 75.0 Å². The van der Waals surface area contributed by atoms with E-state index in [9.17, 15) is 9.50 Å². The first-order chi connectivity index (χ1) is 5.65. The van der Waals surface area contributed by atoms with E-state index in [4.69, 9.17) is 11.6 Å². The van der Waals surface area contributed by atoms with Crippen LogP contribution in [0.1, 0.15) is 25.0 Å². The first kappa shape index (κ1) is 9.42. The molecule has 0 fully saturated rings. The maximum Gasteiger partial charge on any atom is 0.220 e. The number of aliphatic hydroxyl groups is 1. The summed E-state index contributed by atoms with van der Waals surface area (Å²) in [6.45, 7) is 1.76. The summed E-state index contributed by atoms with van der Waals surface area (Å²) in [5.74, 6) is -0.697. The zero-order valence-electron chi connectivity index (χ0n) is 6.59. The number of hydrogen-bond donors (Lipinski definition) is 1. The molecule has 0 saturated carbocycles. The minimum absolute atomic E-state index is 0.0968. The second-order valence-electron chi connectivity index (χ2n) is 2.44. The summed E-state index contributed by atoms with van der Waals surface area (Å²) < 4.78 is 12.9. The van der Waals surface area contributed by atoms with Crippen LogP contribution in [-0.4, -0.2) is 10.1 Å². The van der Waals surface area contributed by atoms with E-state index in [1.165, 1.54) is 12.1 Å². The maximum absolute atomic E-state index is 12.9. The third kappa shape index (κ3) is 1.93. The van der Waals surface area contributed by atoms with E-state index in [0.29, 0.717) is 6.42 Å². The normalized spacial score (nSPS) is 13.0. The van der Waals surface area contributed by atoms with Crippen molar-refractivity contribution in [3.63, 3.8) is 0 Å². The molecule has 0 radical (unpaired) electrons. The number of aliphatic hydroxyl groups excluding tert-OH is 1. The Kier molecular flexibility index (Phi) is 3.00. The quantitative estimate of drug-likeness (QED) is 0.725. The molecule has 0 aliphatic heterocycles. The number of nitrogens with zero attached hydrogens (tertiary/aromatic N) is 1. The summed E-state index contributed by atoms with van der Waals surface area (Å²) in [6, 6.07) is 2.90. The summed E-state index contributed by atoms with van der Waals surface area (Å²) >= 11 is 5.43. The predicted octanol–water partition coefficient (Wildman–Crippen LogP) is 2.32. The van der Waals surface area contributed by atoms with Gasteiger partial charge in [0.15, 0.2) is 0 Å². The van der Waals surface area contributed by atoms with Crippen LogP contribution in [-0.2, 0) is 0 Å². The largest absolute Gasteiger partial charge is 0.388 e. The van der Waals surface area contributed by atoms with Gasteiger partial charge in [-0.3, -0.25) is 0 Å². The van der Waals surface area contributed by atoms with Crippen LogP contribution in [0.3, 0.4) is 0 Å². The van der Waals surface area contributed by atoms with Crippen molar-refractivity contribution in [3.05, 3.63) is 28.8 Å². The summed E-state index contributed by atoms with van der Waals surface area (Å²) in [4.78, 5) is 3.38. The van der Waals surface area contributed by atoms with E-state index >= 15 is 0 Å². The summed E-state index contributed by atoms with van der Waals surface area (Å²) in [6.07, 6.45) is -0.338. The molecule has 0 aromatic carbocycles. The molecule has 0 bridgehead atoms. The van der Waals surface area contributed by atoms with Gasteiger partial charge >= 0.3 is 0 Å². The zero-order chi connectivity index (χ0) is 9.14. The monoisotopic (exact) mass is 189 g/mol. The Morgan fingerprint density at radius 2 is 2.33 bits per heavy atom. The van der Waals surface area contributed by atoms with E-state index in [2.05, 4.69) is 4.98 Å². The molecule has 1 N–H and O–H groups in total. The summed E-state index contributed by atoms with van der Waals surface area (Å²) in [5, 5.41) is 9.37. The van der Waals surface area contributed by atoms with Crippen LogP contribution in [0.15, 0.2) is 12.1 Å². The Morgan fingerprint density at radius 3 is 2.83 bits per heavy atom. The van der Waals surface area contributed by atoms with Crippen LogP contribution < -0.4 is 0 Å². The summed E-state index contributed by atoms with van der Waals surface area (Å²) in [5.41, 5.74) is 0.196. The third-order valence-corrected chi connectivity index (χ3v) is 1.80. The van der Waals surface area contributed by atoms with Crippen LogP contribution in [0.25, 0.3) is 0 Å². The maximum atomic E-state index is 12.9. The van der Waals surface area contributed by atoms with Crippen LogP contribution in [0, 0.1) is 5.95 Å². The second kappa shape index (κ2) is 3.83. The molecule has 2 nitrogen and oxygen atoms in total. The number of halogens is 2. The average Bonchev–Trinajstić information content (AvgIpc) is 2.03. The van der Waals surface area contributed by atoms with Crippen molar-refractivity contribution < 1.29 is 9.50 Å². The lowest BCUT2D eigenvalue weighted by molar-refractivity contribution is 0.168. The fourth-order valence-electron chi connectivity index (χ4n) is 0.891. The minimum Gasteiger partial charge on any atom is -0.388 e. The molecule has 1 atom stereocenters. The highest BCUT2D eigenvalue weighted by Gasteiger charge is 2.11. The van der Waals surface area contributed by atoms with E-state index in [1.807, 2.05) is 0 Å². The highest BCUT2D eigenvalue weighted by atomic mass is 35.5. The first-order valence-electron chi connectivity index (χ1n) is 3.65. The molecule has 1 unspecified atom stereocenters. The van der Waals surface area contributed by atoms with Crippen LogP contribution in [0.4, 0.5) is 4.39 Å². The Balaban J connectivity index is 3.01. The van der Waals surface area contributed by atoms with E-state index < -0.39 is 12.1 Å². The van der Waals surface area contributed by atoms with Gasteiger partial charge in [-0.2, -0.15) is 4.39 Å². The zero-order valence-corrected chi connectivity index (χ0v) is 7.35. The lowest BCUT2D eigenvalue weighted by Gasteiger charge is -2.07. The van der Waals surface area contributed by atoms with Crippen molar-refractivity contribution in [3.8, 4) is 0 Å². The number of hydrogen-bond acceptors (Lipinski definition) is 2. The van der Waals surface area contributed by atoms with Gasteiger partial charge in [-0.25, -0.2) is 4.98 Å². The van der Waals surface area contributed by atoms with Gasteiger partial charge in [0.05, 0.1) is 6.10 Å². The number of rotatable bonds is 2. The highest BCUT2D eigenvalue weighted by molar-refractivity contribution is 6.29. The molecule has 12 heavy (non-hydrogen) atoms. The van der Waals surface area contributed by atoms with Gasteiger partial charge in [0.25, 0.3) is 0 Å². The molecule has 4 heteroatoms. The van der Waals surface area contributed by atoms with Gasteiger partial charge < -0.3 is 5.11 Å². The Bertz CT molecular complexity index is 280. The standard InChI is InChI=1S/C8H9ClFNO/c1-2-6(12)5-3-4-7(9)11-8(5)10/h3-4,6,12H,2H2,1H3. The van der Waals surface area contributed by atoms with Gasteiger partial charge in [-0.15, -0.1) is 0 Å². The van der Waals surface area contributed by atoms with E-state index in [0.717, 1.165) is 0 Å². The SMILES string of the molecule is CCC(O)c1ccc(Cl)nc1F. The molecule has 0 amide bonds. The predicted molar refractivity (Wildman–Crippen MR) is 44.5 cm³/mol. The van der Waals surface area contributed by atoms with Crippen molar-refractivity contribution in [2.75, 3.05) is 0 Å². The molecule has 0 aliphatic rings. The van der Waals surface area contributed by atoms with Gasteiger partial charge in [-0.1, -0.05) is 18.5 Å². The summed E-state index contributed by atoms with van der Waals surface area (Å²) in [7, 11) is 0. The van der Waals surface area contributed by atoms with Crippen molar-refractivity contribution in [2.45, 2.75) is 19.4 Å². The molecular formula is C8H9ClFNO. The minimum atomic E-state index is -0.797. The molecule has 0 saturated heterocycles. The molecule has 1 aromatic heterocycles. The van der Waals surface area contributed by atoms with Crippen molar-refractivity contribution in [2.24, 2.45) is 0 Å². The van der Waals surface area contributed by atoms with Crippen LogP contribution in [0.2, 0.25) is 5.15 Å². The average molecular weight is 190 g/mol. The molecule has 66 valence electrons. The topological polar surface area (TPSA) is 33.1 Å². The van der Waals surface area contributed by atoms with Crippen LogP contribution in [0.5, 0.6) is 0 Å². The molecule has 0 aliphatic carbocycles. The van der Waals surface area contributed by atoms with Crippen molar-refractivity contribution >= 4 is 11.6 Å².